The smallest absolute Gasteiger partial charge is 0.303 e. The van der Waals surface area contributed by atoms with E-state index in [1.165, 1.54) is 12.8 Å². The summed E-state index contributed by atoms with van der Waals surface area (Å²) in [5.41, 5.74) is 0. The van der Waals surface area contributed by atoms with Crippen molar-refractivity contribution in [3.8, 4) is 0 Å². The molecule has 0 atom stereocenters. The molecular weight excluding hydrogens is 175 g/mol. The van der Waals surface area contributed by atoms with Crippen molar-refractivity contribution in [3.05, 3.63) is 0 Å². The molecular formula is C7H12CoO2. The molecule has 1 N–H and O–H groups in total. The number of aliphatic carboxylic acids is 1. The molecule has 0 spiro atoms. The third kappa shape index (κ3) is 3.22. The number of carboxylic acids is 1. The molecule has 0 heterocycles. The van der Waals surface area contributed by atoms with E-state index in [0.29, 0.717) is 12.3 Å². The van der Waals surface area contributed by atoms with Crippen LogP contribution in [0.4, 0.5) is 0 Å². The summed E-state index contributed by atoms with van der Waals surface area (Å²) >= 11 is 0. The molecule has 1 radical (unpaired) electrons. The van der Waals surface area contributed by atoms with Crippen LogP contribution in [0.5, 0.6) is 0 Å². The quantitative estimate of drug-likeness (QED) is 0.713. The van der Waals surface area contributed by atoms with E-state index < -0.39 is 5.97 Å². The fraction of sp³-hybridized carbons (Fsp3) is 0.857. The first-order valence-corrected chi connectivity index (χ1v) is 3.51. The molecule has 61 valence electrons. The van der Waals surface area contributed by atoms with Crippen molar-refractivity contribution < 1.29 is 26.7 Å². The van der Waals surface area contributed by atoms with Crippen LogP contribution in [0.3, 0.4) is 0 Å². The normalized spacial score (nSPS) is 18.4. The van der Waals surface area contributed by atoms with Gasteiger partial charge in [0.1, 0.15) is 0 Å². The van der Waals surface area contributed by atoms with Crippen LogP contribution in [0.15, 0.2) is 0 Å². The zero-order valence-corrected chi connectivity index (χ0v) is 6.84. The predicted octanol–water partition coefficient (Wildman–Crippen LogP) is 1.65. The van der Waals surface area contributed by atoms with Crippen molar-refractivity contribution in [1.82, 2.24) is 0 Å². The predicted molar refractivity (Wildman–Crippen MR) is 34.2 cm³/mol. The van der Waals surface area contributed by atoms with Gasteiger partial charge in [0.15, 0.2) is 0 Å². The van der Waals surface area contributed by atoms with Gasteiger partial charge in [-0.1, -0.05) is 12.8 Å². The molecule has 1 saturated carbocycles. The summed E-state index contributed by atoms with van der Waals surface area (Å²) in [5.74, 6) is -0.149. The minimum absolute atomic E-state index is 0. The summed E-state index contributed by atoms with van der Waals surface area (Å²) < 4.78 is 0. The van der Waals surface area contributed by atoms with Crippen LogP contribution < -0.4 is 0 Å². The first-order chi connectivity index (χ1) is 4.29. The molecule has 0 aromatic rings. The van der Waals surface area contributed by atoms with E-state index in [4.69, 9.17) is 5.11 Å². The Morgan fingerprint density at radius 3 is 2.30 bits per heavy atom. The van der Waals surface area contributed by atoms with Gasteiger partial charge in [0.05, 0.1) is 0 Å². The van der Waals surface area contributed by atoms with Gasteiger partial charge in [0.25, 0.3) is 0 Å². The first kappa shape index (κ1) is 9.98. The molecule has 10 heavy (non-hydrogen) atoms. The standard InChI is InChI=1S/C7H12O2.Co/c8-7(9)5-6-3-1-2-4-6;/h6H,1-5H2,(H,8,9);. The maximum atomic E-state index is 10.2. The summed E-state index contributed by atoms with van der Waals surface area (Å²) in [5, 5.41) is 8.37. The molecule has 0 bridgehead atoms. The third-order valence-electron chi connectivity index (χ3n) is 1.94. The number of hydrogen-bond acceptors (Lipinski definition) is 1. The zero-order chi connectivity index (χ0) is 6.69. The summed E-state index contributed by atoms with van der Waals surface area (Å²) in [7, 11) is 0. The molecule has 3 heteroatoms. The molecule has 0 amide bonds. The van der Waals surface area contributed by atoms with Gasteiger partial charge in [-0.25, -0.2) is 0 Å². The van der Waals surface area contributed by atoms with Crippen LogP contribution in [-0.4, -0.2) is 11.1 Å². The number of rotatable bonds is 2. The molecule has 1 aliphatic carbocycles. The average Bonchev–Trinajstić information content (AvgIpc) is 2.15. The Hall–Kier alpha value is -0.0235. The van der Waals surface area contributed by atoms with Gasteiger partial charge < -0.3 is 5.11 Å². The second-order valence-electron chi connectivity index (χ2n) is 2.75. The second-order valence-corrected chi connectivity index (χ2v) is 2.75. The van der Waals surface area contributed by atoms with Crippen LogP contribution >= 0.6 is 0 Å². The van der Waals surface area contributed by atoms with Crippen LogP contribution in [0.25, 0.3) is 0 Å². The van der Waals surface area contributed by atoms with Crippen molar-refractivity contribution in [1.29, 1.82) is 0 Å². The van der Waals surface area contributed by atoms with E-state index in [0.717, 1.165) is 12.8 Å². The Bertz CT molecular complexity index is 108. The van der Waals surface area contributed by atoms with Gasteiger partial charge in [-0.05, 0) is 18.8 Å². The van der Waals surface area contributed by atoms with Crippen molar-refractivity contribution in [2.75, 3.05) is 0 Å². The average molecular weight is 187 g/mol. The van der Waals surface area contributed by atoms with Crippen LogP contribution in [0.2, 0.25) is 0 Å². The van der Waals surface area contributed by atoms with Gasteiger partial charge >= 0.3 is 5.97 Å². The van der Waals surface area contributed by atoms with Gasteiger partial charge in [0, 0.05) is 23.2 Å². The Morgan fingerprint density at radius 1 is 1.40 bits per heavy atom. The van der Waals surface area contributed by atoms with Gasteiger partial charge in [-0.2, -0.15) is 0 Å². The van der Waals surface area contributed by atoms with E-state index in [2.05, 4.69) is 0 Å². The van der Waals surface area contributed by atoms with Crippen molar-refractivity contribution >= 4 is 5.97 Å². The topological polar surface area (TPSA) is 37.3 Å². The van der Waals surface area contributed by atoms with Crippen LogP contribution in [0.1, 0.15) is 32.1 Å². The van der Waals surface area contributed by atoms with E-state index in [1.54, 1.807) is 0 Å². The monoisotopic (exact) mass is 187 g/mol. The number of carboxylic acid groups (broad SMARTS) is 1. The zero-order valence-electron chi connectivity index (χ0n) is 5.80. The molecule has 0 aromatic heterocycles. The molecule has 2 nitrogen and oxygen atoms in total. The summed E-state index contributed by atoms with van der Waals surface area (Å²) in [6.07, 6.45) is 5.12. The molecule has 0 aliphatic heterocycles. The Morgan fingerprint density at radius 2 is 1.90 bits per heavy atom. The molecule has 0 aromatic carbocycles. The van der Waals surface area contributed by atoms with E-state index >= 15 is 0 Å². The van der Waals surface area contributed by atoms with Crippen molar-refractivity contribution in [2.24, 2.45) is 5.92 Å². The number of carbonyl (C=O) groups is 1. The van der Waals surface area contributed by atoms with E-state index in [-0.39, 0.29) is 16.8 Å². The van der Waals surface area contributed by atoms with Gasteiger partial charge in [-0.15, -0.1) is 0 Å². The van der Waals surface area contributed by atoms with E-state index in [9.17, 15) is 4.79 Å². The third-order valence-corrected chi connectivity index (χ3v) is 1.94. The van der Waals surface area contributed by atoms with Gasteiger partial charge in [-0.3, -0.25) is 4.79 Å². The molecule has 1 fully saturated rings. The molecule has 0 unspecified atom stereocenters. The minimum atomic E-state index is -0.637. The number of hydrogen-bond donors (Lipinski definition) is 1. The molecule has 1 aliphatic rings. The van der Waals surface area contributed by atoms with E-state index in [1.807, 2.05) is 0 Å². The van der Waals surface area contributed by atoms with Crippen LogP contribution in [-0.2, 0) is 21.6 Å². The maximum absolute atomic E-state index is 10.2. The maximum Gasteiger partial charge on any atom is 0.303 e. The SMILES string of the molecule is O=C(O)CC1CCCC1.[Co]. The molecule has 1 rings (SSSR count). The van der Waals surface area contributed by atoms with Crippen LogP contribution in [0, 0.1) is 5.92 Å². The van der Waals surface area contributed by atoms with Gasteiger partial charge in [0.2, 0.25) is 0 Å². The first-order valence-electron chi connectivity index (χ1n) is 3.51. The largest absolute Gasteiger partial charge is 0.481 e. The molecule has 0 saturated heterocycles. The van der Waals surface area contributed by atoms with Crippen molar-refractivity contribution in [3.63, 3.8) is 0 Å². The fourth-order valence-corrected chi connectivity index (χ4v) is 1.46. The minimum Gasteiger partial charge on any atom is -0.481 e. The summed E-state index contributed by atoms with van der Waals surface area (Å²) in [6, 6.07) is 0. The second kappa shape index (κ2) is 4.74. The Balaban J connectivity index is 0.000000810. The van der Waals surface area contributed by atoms with Crippen molar-refractivity contribution in [2.45, 2.75) is 32.1 Å². The Kier molecular flexibility index (Phi) is 4.73. The summed E-state index contributed by atoms with van der Waals surface area (Å²) in [4.78, 5) is 10.2. The fourth-order valence-electron chi connectivity index (χ4n) is 1.46. The summed E-state index contributed by atoms with van der Waals surface area (Å²) in [6.45, 7) is 0. The Labute approximate surface area is 71.2 Å².